The zero-order valence-corrected chi connectivity index (χ0v) is 11.0. The number of carbonyl (C=O) groups is 1. The molecule has 0 aliphatic carbocycles. The van der Waals surface area contributed by atoms with E-state index < -0.39 is 28.0 Å². The van der Waals surface area contributed by atoms with Crippen molar-refractivity contribution in [2.75, 3.05) is 0 Å². The highest BCUT2D eigenvalue weighted by Crippen LogP contribution is 2.37. The SMILES string of the molecule is O=C(O)c1ccc(Oc2cccc(Cl)c2[N+](=O)[O-])cc1F. The lowest BCUT2D eigenvalue weighted by molar-refractivity contribution is -0.385. The summed E-state index contributed by atoms with van der Waals surface area (Å²) in [5.41, 5.74) is -0.982. The number of hydrogen-bond acceptors (Lipinski definition) is 4. The molecule has 108 valence electrons. The van der Waals surface area contributed by atoms with Gasteiger partial charge >= 0.3 is 11.7 Å². The maximum absolute atomic E-state index is 13.5. The Morgan fingerprint density at radius 1 is 1.33 bits per heavy atom. The second-order valence-corrected chi connectivity index (χ2v) is 4.30. The average molecular weight is 312 g/mol. The van der Waals surface area contributed by atoms with Gasteiger partial charge in [0.25, 0.3) is 0 Å². The number of benzene rings is 2. The first-order chi connectivity index (χ1) is 9.90. The van der Waals surface area contributed by atoms with E-state index in [2.05, 4.69) is 0 Å². The fourth-order valence-corrected chi connectivity index (χ4v) is 1.85. The zero-order chi connectivity index (χ0) is 15.6. The summed E-state index contributed by atoms with van der Waals surface area (Å²) >= 11 is 5.72. The van der Waals surface area contributed by atoms with E-state index in [4.69, 9.17) is 21.4 Å². The molecule has 0 aliphatic rings. The highest BCUT2D eigenvalue weighted by atomic mass is 35.5. The third-order valence-electron chi connectivity index (χ3n) is 2.53. The normalized spacial score (nSPS) is 10.2. The van der Waals surface area contributed by atoms with Crippen molar-refractivity contribution in [1.29, 1.82) is 0 Å². The average Bonchev–Trinajstić information content (AvgIpc) is 2.37. The number of ether oxygens (including phenoxy) is 1. The van der Waals surface area contributed by atoms with E-state index in [0.29, 0.717) is 0 Å². The van der Waals surface area contributed by atoms with Gasteiger partial charge in [0, 0.05) is 6.07 Å². The number of hydrogen-bond donors (Lipinski definition) is 1. The number of nitro groups is 1. The minimum atomic E-state index is -1.42. The molecule has 0 spiro atoms. The van der Waals surface area contributed by atoms with Crippen LogP contribution in [0.2, 0.25) is 5.02 Å². The molecule has 2 rings (SSSR count). The molecule has 0 fully saturated rings. The van der Waals surface area contributed by atoms with E-state index in [1.807, 2.05) is 0 Å². The fourth-order valence-electron chi connectivity index (χ4n) is 1.61. The molecule has 1 N–H and O–H groups in total. The van der Waals surface area contributed by atoms with Crippen LogP contribution >= 0.6 is 11.6 Å². The number of carboxylic acid groups (broad SMARTS) is 1. The van der Waals surface area contributed by atoms with E-state index >= 15 is 0 Å². The molecule has 0 bridgehead atoms. The van der Waals surface area contributed by atoms with Gasteiger partial charge in [0.2, 0.25) is 5.75 Å². The summed E-state index contributed by atoms with van der Waals surface area (Å²) in [5.74, 6) is -2.68. The van der Waals surface area contributed by atoms with Gasteiger partial charge in [0.05, 0.1) is 10.5 Å². The Hall–Kier alpha value is -2.67. The maximum Gasteiger partial charge on any atom is 0.338 e. The summed E-state index contributed by atoms with van der Waals surface area (Å²) in [6.45, 7) is 0. The summed E-state index contributed by atoms with van der Waals surface area (Å²) in [5, 5.41) is 19.5. The van der Waals surface area contributed by atoms with Crippen molar-refractivity contribution in [3.05, 3.63) is 62.9 Å². The predicted octanol–water partition coefficient (Wildman–Crippen LogP) is 3.88. The number of para-hydroxylation sites is 1. The van der Waals surface area contributed by atoms with E-state index in [-0.39, 0.29) is 16.5 Å². The smallest absolute Gasteiger partial charge is 0.338 e. The van der Waals surface area contributed by atoms with Gasteiger partial charge in [0.15, 0.2) is 0 Å². The van der Waals surface area contributed by atoms with Crippen molar-refractivity contribution < 1.29 is 24.0 Å². The molecule has 0 atom stereocenters. The quantitative estimate of drug-likeness (QED) is 0.683. The van der Waals surface area contributed by atoms with Crippen LogP contribution in [0, 0.1) is 15.9 Å². The van der Waals surface area contributed by atoms with E-state index in [0.717, 1.165) is 12.1 Å². The molecule has 6 nitrogen and oxygen atoms in total. The number of aromatic carboxylic acids is 1. The number of nitrogens with zero attached hydrogens (tertiary/aromatic N) is 1. The Balaban J connectivity index is 2.39. The Kier molecular flexibility index (Phi) is 4.04. The Morgan fingerprint density at radius 3 is 2.62 bits per heavy atom. The number of halogens is 2. The molecule has 2 aromatic carbocycles. The van der Waals surface area contributed by atoms with Crippen LogP contribution in [0.1, 0.15) is 10.4 Å². The molecule has 0 heterocycles. The summed E-state index contributed by atoms with van der Waals surface area (Å²) in [4.78, 5) is 20.9. The summed E-state index contributed by atoms with van der Waals surface area (Å²) < 4.78 is 18.7. The van der Waals surface area contributed by atoms with Crippen molar-refractivity contribution in [3.8, 4) is 11.5 Å². The summed E-state index contributed by atoms with van der Waals surface area (Å²) in [6.07, 6.45) is 0. The van der Waals surface area contributed by atoms with Crippen LogP contribution in [0.15, 0.2) is 36.4 Å². The van der Waals surface area contributed by atoms with Gasteiger partial charge in [-0.25, -0.2) is 9.18 Å². The third-order valence-corrected chi connectivity index (χ3v) is 2.84. The van der Waals surface area contributed by atoms with Crippen molar-refractivity contribution in [2.24, 2.45) is 0 Å². The molecule has 0 unspecified atom stereocenters. The lowest BCUT2D eigenvalue weighted by atomic mass is 10.2. The minimum Gasteiger partial charge on any atom is -0.478 e. The van der Waals surface area contributed by atoms with Crippen molar-refractivity contribution in [1.82, 2.24) is 0 Å². The predicted molar refractivity (Wildman–Crippen MR) is 71.5 cm³/mol. The minimum absolute atomic E-state index is 0.0807. The molecule has 21 heavy (non-hydrogen) atoms. The van der Waals surface area contributed by atoms with Crippen molar-refractivity contribution in [3.63, 3.8) is 0 Å². The molecule has 2 aromatic rings. The van der Waals surface area contributed by atoms with Gasteiger partial charge in [-0.1, -0.05) is 17.7 Å². The van der Waals surface area contributed by atoms with E-state index in [1.54, 1.807) is 0 Å². The van der Waals surface area contributed by atoms with Gasteiger partial charge in [-0.15, -0.1) is 0 Å². The van der Waals surface area contributed by atoms with Gasteiger partial charge in [0.1, 0.15) is 16.6 Å². The Morgan fingerprint density at radius 2 is 2.05 bits per heavy atom. The first-order valence-electron chi connectivity index (χ1n) is 5.53. The van der Waals surface area contributed by atoms with Crippen molar-refractivity contribution >= 4 is 23.3 Å². The highest BCUT2D eigenvalue weighted by Gasteiger charge is 2.21. The number of rotatable bonds is 4. The molecule has 0 saturated carbocycles. The van der Waals surface area contributed by atoms with Crippen LogP contribution in [0.5, 0.6) is 11.5 Å². The molecule has 0 saturated heterocycles. The largest absolute Gasteiger partial charge is 0.478 e. The van der Waals surface area contributed by atoms with Gasteiger partial charge in [-0.2, -0.15) is 0 Å². The lowest BCUT2D eigenvalue weighted by Gasteiger charge is -2.07. The second kappa shape index (κ2) is 5.76. The van der Waals surface area contributed by atoms with Gasteiger partial charge < -0.3 is 9.84 Å². The Labute approximate surface area is 122 Å². The highest BCUT2D eigenvalue weighted by molar-refractivity contribution is 6.32. The molecule has 8 heteroatoms. The molecule has 0 amide bonds. The van der Waals surface area contributed by atoms with Crippen LogP contribution < -0.4 is 4.74 Å². The summed E-state index contributed by atoms with van der Waals surface area (Å²) in [7, 11) is 0. The molecular formula is C13H7ClFNO5. The van der Waals surface area contributed by atoms with Gasteiger partial charge in [-0.3, -0.25) is 10.1 Å². The number of nitro benzene ring substituents is 1. The first kappa shape index (κ1) is 14.7. The monoisotopic (exact) mass is 311 g/mol. The summed E-state index contributed by atoms with van der Waals surface area (Å²) in [6, 6.07) is 7.08. The number of carboxylic acids is 1. The standard InChI is InChI=1S/C13H7ClFNO5/c14-9-2-1-3-11(12(9)16(19)20)21-7-4-5-8(13(17)18)10(15)6-7/h1-6H,(H,17,18). The van der Waals surface area contributed by atoms with Crippen LogP contribution in [-0.4, -0.2) is 16.0 Å². The van der Waals surface area contributed by atoms with E-state index in [9.17, 15) is 19.3 Å². The lowest BCUT2D eigenvalue weighted by Crippen LogP contribution is -2.00. The van der Waals surface area contributed by atoms with Crippen molar-refractivity contribution in [2.45, 2.75) is 0 Å². The second-order valence-electron chi connectivity index (χ2n) is 3.89. The van der Waals surface area contributed by atoms with Crippen LogP contribution in [0.3, 0.4) is 0 Å². The zero-order valence-electron chi connectivity index (χ0n) is 10.2. The maximum atomic E-state index is 13.5. The first-order valence-corrected chi connectivity index (χ1v) is 5.91. The third kappa shape index (κ3) is 3.09. The molecule has 0 aliphatic heterocycles. The van der Waals surface area contributed by atoms with E-state index in [1.165, 1.54) is 24.3 Å². The molecule has 0 radical (unpaired) electrons. The Bertz CT molecular complexity index is 734. The molecular weight excluding hydrogens is 305 g/mol. The topological polar surface area (TPSA) is 89.7 Å². The van der Waals surface area contributed by atoms with Crippen LogP contribution in [-0.2, 0) is 0 Å². The fraction of sp³-hybridized carbons (Fsp3) is 0. The molecule has 0 aromatic heterocycles. The van der Waals surface area contributed by atoms with Crippen LogP contribution in [0.4, 0.5) is 10.1 Å². The van der Waals surface area contributed by atoms with Gasteiger partial charge in [-0.05, 0) is 24.3 Å². The van der Waals surface area contributed by atoms with Crippen LogP contribution in [0.25, 0.3) is 0 Å².